The number of hydrogen-bond acceptors (Lipinski definition) is 6. The van der Waals surface area contributed by atoms with Crippen molar-refractivity contribution >= 4 is 50.8 Å². The average molecular weight is 428 g/mol. The van der Waals surface area contributed by atoms with Crippen molar-refractivity contribution in [3.63, 3.8) is 0 Å². The molecule has 6 nitrogen and oxygen atoms in total. The fourth-order valence-corrected chi connectivity index (χ4v) is 5.07. The number of ether oxygens (including phenoxy) is 1. The third-order valence-electron chi connectivity index (χ3n) is 4.59. The molecular formula is C21H21N3O3S2. The van der Waals surface area contributed by atoms with Crippen LogP contribution in [0.15, 0.2) is 46.8 Å². The van der Waals surface area contributed by atoms with E-state index in [1.165, 1.54) is 23.1 Å². The molecule has 0 atom stereocenters. The molecule has 0 spiro atoms. The summed E-state index contributed by atoms with van der Waals surface area (Å²) in [6.45, 7) is 4.48. The molecule has 4 rings (SSSR count). The Morgan fingerprint density at radius 2 is 2.03 bits per heavy atom. The van der Waals surface area contributed by atoms with Gasteiger partial charge < -0.3 is 15.0 Å². The van der Waals surface area contributed by atoms with E-state index in [0.29, 0.717) is 37.6 Å². The minimum absolute atomic E-state index is 0.115. The predicted octanol–water partition coefficient (Wildman–Crippen LogP) is 3.81. The Balaban J connectivity index is 1.40. The first-order chi connectivity index (χ1) is 14.1. The number of thiazole rings is 1. The van der Waals surface area contributed by atoms with E-state index in [1.807, 2.05) is 48.2 Å². The molecule has 1 aliphatic rings. The van der Waals surface area contributed by atoms with E-state index in [0.717, 1.165) is 25.8 Å². The number of nitrogens with one attached hydrogen (secondary N) is 1. The summed E-state index contributed by atoms with van der Waals surface area (Å²) in [5.74, 6) is 0.350. The van der Waals surface area contributed by atoms with Crippen LogP contribution in [0.1, 0.15) is 15.9 Å². The number of aromatic nitrogens is 1. The molecule has 1 N–H and O–H groups in total. The van der Waals surface area contributed by atoms with Gasteiger partial charge in [0.25, 0.3) is 5.91 Å². The van der Waals surface area contributed by atoms with Gasteiger partial charge in [0.1, 0.15) is 0 Å². The van der Waals surface area contributed by atoms with Gasteiger partial charge in [-0.15, -0.1) is 11.3 Å². The van der Waals surface area contributed by atoms with Gasteiger partial charge in [0.15, 0.2) is 4.34 Å². The molecule has 1 saturated heterocycles. The molecule has 8 heteroatoms. The van der Waals surface area contributed by atoms with Gasteiger partial charge >= 0.3 is 0 Å². The van der Waals surface area contributed by atoms with Crippen LogP contribution in [-0.4, -0.2) is 53.8 Å². The SMILES string of the molecule is Cc1cccc(C(=O)Nc2ccc3nc(SCC(=O)N4CCOCC4)sc3c2)c1. The molecule has 0 saturated carbocycles. The van der Waals surface area contributed by atoms with E-state index < -0.39 is 0 Å². The van der Waals surface area contributed by atoms with E-state index in [-0.39, 0.29) is 11.8 Å². The van der Waals surface area contributed by atoms with Gasteiger partial charge in [-0.05, 0) is 37.3 Å². The molecule has 0 radical (unpaired) electrons. The number of rotatable bonds is 5. The monoisotopic (exact) mass is 427 g/mol. The Bertz CT molecular complexity index is 1040. The Hall–Kier alpha value is -2.42. The van der Waals surface area contributed by atoms with Gasteiger partial charge in [0, 0.05) is 24.3 Å². The fraction of sp³-hybridized carbons (Fsp3) is 0.286. The van der Waals surface area contributed by atoms with E-state index in [2.05, 4.69) is 10.3 Å². The lowest BCUT2D eigenvalue weighted by Gasteiger charge is -2.26. The minimum Gasteiger partial charge on any atom is -0.378 e. The van der Waals surface area contributed by atoms with Gasteiger partial charge in [0.2, 0.25) is 5.91 Å². The Labute approximate surface area is 177 Å². The maximum Gasteiger partial charge on any atom is 0.255 e. The normalized spacial score (nSPS) is 14.2. The lowest BCUT2D eigenvalue weighted by Crippen LogP contribution is -2.41. The molecule has 1 fully saturated rings. The van der Waals surface area contributed by atoms with Crippen molar-refractivity contribution in [1.29, 1.82) is 0 Å². The zero-order valence-corrected chi connectivity index (χ0v) is 17.6. The molecule has 0 bridgehead atoms. The maximum absolute atomic E-state index is 12.5. The van der Waals surface area contributed by atoms with Crippen LogP contribution in [0.2, 0.25) is 0 Å². The number of thioether (sulfide) groups is 1. The zero-order chi connectivity index (χ0) is 20.2. The fourth-order valence-electron chi connectivity index (χ4n) is 3.06. The summed E-state index contributed by atoms with van der Waals surface area (Å²) < 4.78 is 7.11. The van der Waals surface area contributed by atoms with Crippen molar-refractivity contribution in [2.24, 2.45) is 0 Å². The summed E-state index contributed by atoms with van der Waals surface area (Å²) in [5, 5.41) is 2.94. The number of amides is 2. The third kappa shape index (κ3) is 4.95. The average Bonchev–Trinajstić information content (AvgIpc) is 3.15. The highest BCUT2D eigenvalue weighted by atomic mass is 32.2. The Morgan fingerprint density at radius 3 is 2.83 bits per heavy atom. The molecule has 0 aliphatic carbocycles. The van der Waals surface area contributed by atoms with Gasteiger partial charge in [-0.3, -0.25) is 9.59 Å². The molecule has 150 valence electrons. The van der Waals surface area contributed by atoms with Crippen molar-refractivity contribution in [2.75, 3.05) is 37.4 Å². The maximum atomic E-state index is 12.5. The van der Waals surface area contributed by atoms with Crippen molar-refractivity contribution in [3.05, 3.63) is 53.6 Å². The lowest BCUT2D eigenvalue weighted by molar-refractivity contribution is -0.132. The van der Waals surface area contributed by atoms with Crippen LogP contribution in [0, 0.1) is 6.92 Å². The number of nitrogens with zero attached hydrogens (tertiary/aromatic N) is 2. The van der Waals surface area contributed by atoms with Gasteiger partial charge in [0.05, 0.1) is 29.2 Å². The van der Waals surface area contributed by atoms with Gasteiger partial charge in [-0.25, -0.2) is 4.98 Å². The van der Waals surface area contributed by atoms with Crippen LogP contribution in [0.25, 0.3) is 10.2 Å². The van der Waals surface area contributed by atoms with Crippen molar-refractivity contribution in [2.45, 2.75) is 11.3 Å². The highest BCUT2D eigenvalue weighted by molar-refractivity contribution is 8.01. The number of anilines is 1. The summed E-state index contributed by atoms with van der Waals surface area (Å²) in [5.41, 5.74) is 3.27. The Morgan fingerprint density at radius 1 is 1.21 bits per heavy atom. The summed E-state index contributed by atoms with van der Waals surface area (Å²) in [7, 11) is 0. The van der Waals surface area contributed by atoms with Crippen molar-refractivity contribution in [1.82, 2.24) is 9.88 Å². The minimum atomic E-state index is -0.136. The molecule has 1 aliphatic heterocycles. The van der Waals surface area contributed by atoms with E-state index in [1.54, 1.807) is 6.07 Å². The summed E-state index contributed by atoms with van der Waals surface area (Å²) >= 11 is 2.98. The van der Waals surface area contributed by atoms with Crippen LogP contribution in [0.5, 0.6) is 0 Å². The van der Waals surface area contributed by atoms with Crippen LogP contribution in [0.3, 0.4) is 0 Å². The van der Waals surface area contributed by atoms with E-state index in [4.69, 9.17) is 4.74 Å². The first-order valence-electron chi connectivity index (χ1n) is 9.35. The third-order valence-corrected chi connectivity index (χ3v) is 6.74. The largest absolute Gasteiger partial charge is 0.378 e. The second-order valence-electron chi connectivity index (χ2n) is 6.77. The summed E-state index contributed by atoms with van der Waals surface area (Å²) in [6.07, 6.45) is 0. The summed E-state index contributed by atoms with van der Waals surface area (Å²) in [6, 6.07) is 13.2. The van der Waals surface area contributed by atoms with E-state index >= 15 is 0 Å². The lowest BCUT2D eigenvalue weighted by atomic mass is 10.1. The second kappa shape index (κ2) is 8.94. The van der Waals surface area contributed by atoms with Crippen LogP contribution >= 0.6 is 23.1 Å². The number of carbonyl (C=O) groups is 2. The van der Waals surface area contributed by atoms with Crippen LogP contribution in [0.4, 0.5) is 5.69 Å². The van der Waals surface area contributed by atoms with E-state index in [9.17, 15) is 9.59 Å². The number of benzene rings is 2. The quantitative estimate of drug-likeness (QED) is 0.627. The molecule has 1 aromatic heterocycles. The molecule has 2 amide bonds. The first kappa shape index (κ1) is 19.9. The molecule has 0 unspecified atom stereocenters. The van der Waals surface area contributed by atoms with Crippen LogP contribution < -0.4 is 5.32 Å². The summed E-state index contributed by atoms with van der Waals surface area (Å²) in [4.78, 5) is 31.2. The molecule has 2 aromatic carbocycles. The van der Waals surface area contributed by atoms with Gasteiger partial charge in [-0.2, -0.15) is 0 Å². The Kier molecular flexibility index (Phi) is 6.13. The number of fused-ring (bicyclic) bond motifs is 1. The standard InChI is InChI=1S/C21H21N3O3S2/c1-14-3-2-4-15(11-14)20(26)22-16-5-6-17-18(12-16)29-21(23-17)28-13-19(25)24-7-9-27-10-8-24/h2-6,11-12H,7-10,13H2,1H3,(H,22,26). The molecule has 3 aromatic rings. The van der Waals surface area contributed by atoms with Crippen molar-refractivity contribution in [3.8, 4) is 0 Å². The molecule has 2 heterocycles. The first-order valence-corrected chi connectivity index (χ1v) is 11.2. The highest BCUT2D eigenvalue weighted by Crippen LogP contribution is 2.31. The number of hydrogen-bond donors (Lipinski definition) is 1. The number of morpholine rings is 1. The molecule has 29 heavy (non-hydrogen) atoms. The highest BCUT2D eigenvalue weighted by Gasteiger charge is 2.17. The topological polar surface area (TPSA) is 71.5 Å². The second-order valence-corrected chi connectivity index (χ2v) is 9.02. The number of carbonyl (C=O) groups excluding carboxylic acids is 2. The number of aryl methyl sites for hydroxylation is 1. The van der Waals surface area contributed by atoms with Crippen LogP contribution in [-0.2, 0) is 9.53 Å². The molecular weight excluding hydrogens is 406 g/mol. The van der Waals surface area contributed by atoms with Crippen molar-refractivity contribution < 1.29 is 14.3 Å². The zero-order valence-electron chi connectivity index (χ0n) is 16.0. The van der Waals surface area contributed by atoms with Gasteiger partial charge in [-0.1, -0.05) is 29.5 Å². The smallest absolute Gasteiger partial charge is 0.255 e. The predicted molar refractivity (Wildman–Crippen MR) is 117 cm³/mol.